The van der Waals surface area contributed by atoms with Gasteiger partial charge in [-0.1, -0.05) is 18.3 Å². The number of sulfonamides is 1. The fourth-order valence-corrected chi connectivity index (χ4v) is 4.64. The van der Waals surface area contributed by atoms with Crippen LogP contribution in [0.1, 0.15) is 23.0 Å². The molecule has 2 heterocycles. The summed E-state index contributed by atoms with van der Waals surface area (Å²) in [5.41, 5.74) is 0.212. The maximum absolute atomic E-state index is 12.9. The average Bonchev–Trinajstić information content (AvgIpc) is 3.32. The van der Waals surface area contributed by atoms with Crippen molar-refractivity contribution in [2.75, 3.05) is 11.9 Å². The lowest BCUT2D eigenvalue weighted by Gasteiger charge is -2.16. The highest BCUT2D eigenvalue weighted by Crippen LogP contribution is 2.25. The Labute approximate surface area is 158 Å². The van der Waals surface area contributed by atoms with Crippen LogP contribution in [0, 0.1) is 5.82 Å². The third kappa shape index (κ3) is 4.38. The van der Waals surface area contributed by atoms with E-state index in [0.29, 0.717) is 5.76 Å². The Hall–Kier alpha value is -2.63. The summed E-state index contributed by atoms with van der Waals surface area (Å²) in [6.07, 6.45) is 1.46. The normalized spacial score (nSPS) is 11.7. The summed E-state index contributed by atoms with van der Waals surface area (Å²) in [6, 6.07) is 8.27. The van der Waals surface area contributed by atoms with Gasteiger partial charge in [-0.05, 0) is 36.4 Å². The van der Waals surface area contributed by atoms with Gasteiger partial charge >= 0.3 is 0 Å². The molecule has 0 aliphatic rings. The first kappa shape index (κ1) is 19.1. The summed E-state index contributed by atoms with van der Waals surface area (Å²) < 4.78 is 44.5. The topological polar surface area (TPSA) is 105 Å². The molecule has 1 N–H and O–H groups in total. The number of nitrogens with zero attached hydrogens (tertiary/aromatic N) is 3. The van der Waals surface area contributed by atoms with Crippen molar-refractivity contribution in [3.05, 3.63) is 59.8 Å². The summed E-state index contributed by atoms with van der Waals surface area (Å²) in [4.78, 5) is 12.1. The predicted octanol–water partition coefficient (Wildman–Crippen LogP) is 2.73. The second kappa shape index (κ2) is 7.94. The van der Waals surface area contributed by atoms with Gasteiger partial charge in [0.1, 0.15) is 11.6 Å². The molecule has 1 amide bonds. The number of hydrogen-bond donors (Lipinski definition) is 1. The summed E-state index contributed by atoms with van der Waals surface area (Å²) in [5, 5.41) is 9.87. The first-order valence-electron chi connectivity index (χ1n) is 7.83. The molecule has 0 saturated carbocycles. The average molecular weight is 410 g/mol. The molecule has 0 saturated heterocycles. The second-order valence-electron chi connectivity index (χ2n) is 5.34. The SMILES string of the molecule is CCN(Cc1ccco1)S(=O)(=O)c1nnc(NC(=O)c2ccc(F)cc2)s1. The zero-order valence-corrected chi connectivity index (χ0v) is 15.8. The number of halogens is 1. The molecule has 3 rings (SSSR count). The summed E-state index contributed by atoms with van der Waals surface area (Å²) in [7, 11) is -3.90. The van der Waals surface area contributed by atoms with E-state index in [9.17, 15) is 17.6 Å². The molecule has 0 atom stereocenters. The monoisotopic (exact) mass is 410 g/mol. The van der Waals surface area contributed by atoms with E-state index in [4.69, 9.17) is 4.42 Å². The smallest absolute Gasteiger partial charge is 0.272 e. The van der Waals surface area contributed by atoms with Gasteiger partial charge in [0.15, 0.2) is 0 Å². The van der Waals surface area contributed by atoms with E-state index in [1.807, 2.05) is 0 Å². The molecule has 0 bridgehead atoms. The molecule has 11 heteroatoms. The number of benzene rings is 1. The van der Waals surface area contributed by atoms with E-state index in [1.165, 1.54) is 22.7 Å². The highest BCUT2D eigenvalue weighted by molar-refractivity contribution is 7.91. The van der Waals surface area contributed by atoms with Gasteiger partial charge in [0.25, 0.3) is 15.9 Å². The van der Waals surface area contributed by atoms with Crippen LogP contribution in [0.15, 0.2) is 51.4 Å². The Kier molecular flexibility index (Phi) is 5.63. The third-order valence-electron chi connectivity index (χ3n) is 3.56. The molecule has 8 nitrogen and oxygen atoms in total. The van der Waals surface area contributed by atoms with Crippen molar-refractivity contribution in [1.29, 1.82) is 0 Å². The molecule has 1 aromatic carbocycles. The highest BCUT2D eigenvalue weighted by Gasteiger charge is 2.28. The van der Waals surface area contributed by atoms with Crippen molar-refractivity contribution >= 4 is 32.4 Å². The van der Waals surface area contributed by atoms with Crippen molar-refractivity contribution in [2.24, 2.45) is 0 Å². The number of hydrogen-bond acceptors (Lipinski definition) is 7. The number of carbonyl (C=O) groups excluding carboxylic acids is 1. The summed E-state index contributed by atoms with van der Waals surface area (Å²) >= 11 is 0.734. The van der Waals surface area contributed by atoms with Gasteiger partial charge in [-0.3, -0.25) is 10.1 Å². The first-order chi connectivity index (χ1) is 12.9. The van der Waals surface area contributed by atoms with Crippen LogP contribution in [-0.4, -0.2) is 35.4 Å². The fourth-order valence-electron chi connectivity index (χ4n) is 2.19. The molecule has 0 fully saturated rings. The van der Waals surface area contributed by atoms with Crippen LogP contribution < -0.4 is 5.32 Å². The van der Waals surface area contributed by atoms with Gasteiger partial charge in [-0.15, -0.1) is 10.2 Å². The van der Waals surface area contributed by atoms with Gasteiger partial charge in [0.2, 0.25) is 9.47 Å². The molecule has 0 radical (unpaired) electrons. The lowest BCUT2D eigenvalue weighted by molar-refractivity contribution is 0.102. The lowest BCUT2D eigenvalue weighted by atomic mass is 10.2. The van der Waals surface area contributed by atoms with E-state index in [0.717, 1.165) is 23.5 Å². The van der Waals surface area contributed by atoms with Gasteiger partial charge in [0.05, 0.1) is 12.8 Å². The van der Waals surface area contributed by atoms with Crippen molar-refractivity contribution < 1.29 is 22.0 Å². The number of aromatic nitrogens is 2. The fraction of sp³-hybridized carbons (Fsp3) is 0.188. The summed E-state index contributed by atoms with van der Waals surface area (Å²) in [5.74, 6) is -0.514. The van der Waals surface area contributed by atoms with Gasteiger partial charge < -0.3 is 4.42 Å². The number of rotatable bonds is 7. The number of furan rings is 1. The van der Waals surface area contributed by atoms with Crippen molar-refractivity contribution in [1.82, 2.24) is 14.5 Å². The van der Waals surface area contributed by atoms with Gasteiger partial charge in [0, 0.05) is 12.1 Å². The molecule has 0 unspecified atom stereocenters. The Morgan fingerprint density at radius 1 is 1.26 bits per heavy atom. The van der Waals surface area contributed by atoms with Crippen molar-refractivity contribution in [2.45, 2.75) is 17.8 Å². The minimum Gasteiger partial charge on any atom is -0.468 e. The third-order valence-corrected chi connectivity index (χ3v) is 6.66. The maximum atomic E-state index is 12.9. The quantitative estimate of drug-likeness (QED) is 0.601. The maximum Gasteiger partial charge on any atom is 0.272 e. The number of carbonyl (C=O) groups is 1. The number of anilines is 1. The zero-order valence-electron chi connectivity index (χ0n) is 14.1. The number of nitrogens with one attached hydrogen (secondary N) is 1. The molecule has 3 aromatic rings. The van der Waals surface area contributed by atoms with E-state index in [1.54, 1.807) is 19.1 Å². The Balaban J connectivity index is 1.75. The van der Waals surface area contributed by atoms with Crippen LogP contribution in [0.2, 0.25) is 0 Å². The minimum absolute atomic E-state index is 0.0250. The van der Waals surface area contributed by atoms with Gasteiger partial charge in [-0.25, -0.2) is 12.8 Å². The van der Waals surface area contributed by atoms with Crippen LogP contribution >= 0.6 is 11.3 Å². The van der Waals surface area contributed by atoms with E-state index in [2.05, 4.69) is 15.5 Å². The minimum atomic E-state index is -3.90. The molecular weight excluding hydrogens is 395 g/mol. The predicted molar refractivity (Wildman–Crippen MR) is 96.2 cm³/mol. The molecule has 142 valence electrons. The van der Waals surface area contributed by atoms with Crippen LogP contribution in [0.5, 0.6) is 0 Å². The Morgan fingerprint density at radius 2 is 2.00 bits per heavy atom. The van der Waals surface area contributed by atoms with Crippen LogP contribution in [0.3, 0.4) is 0 Å². The second-order valence-corrected chi connectivity index (χ2v) is 8.43. The molecular formula is C16H15FN4O4S2. The van der Waals surface area contributed by atoms with E-state index in [-0.39, 0.29) is 28.1 Å². The standard InChI is InChI=1S/C16H15FN4O4S2/c1-2-21(10-13-4-3-9-25-13)27(23,24)16-20-19-15(26-16)18-14(22)11-5-7-12(17)8-6-11/h3-9H,2,10H2,1H3,(H,18,19,22). The van der Waals surface area contributed by atoms with Crippen LogP contribution in [0.4, 0.5) is 9.52 Å². The summed E-state index contributed by atoms with van der Waals surface area (Å²) in [6.45, 7) is 1.96. The Morgan fingerprint density at radius 3 is 2.63 bits per heavy atom. The van der Waals surface area contributed by atoms with Crippen molar-refractivity contribution in [3.63, 3.8) is 0 Å². The first-order valence-corrected chi connectivity index (χ1v) is 10.1. The van der Waals surface area contributed by atoms with Gasteiger partial charge in [-0.2, -0.15) is 4.31 Å². The molecule has 0 aliphatic heterocycles. The lowest BCUT2D eigenvalue weighted by Crippen LogP contribution is -2.30. The molecule has 0 aliphatic carbocycles. The van der Waals surface area contributed by atoms with E-state index >= 15 is 0 Å². The highest BCUT2D eigenvalue weighted by atomic mass is 32.2. The zero-order chi connectivity index (χ0) is 19.4. The van der Waals surface area contributed by atoms with Crippen molar-refractivity contribution in [3.8, 4) is 0 Å². The van der Waals surface area contributed by atoms with Crippen LogP contribution in [0.25, 0.3) is 0 Å². The Bertz CT molecular complexity index is 1020. The molecule has 0 spiro atoms. The largest absolute Gasteiger partial charge is 0.468 e. The molecule has 27 heavy (non-hydrogen) atoms. The molecule has 2 aromatic heterocycles. The van der Waals surface area contributed by atoms with Crippen LogP contribution in [-0.2, 0) is 16.6 Å². The van der Waals surface area contributed by atoms with E-state index < -0.39 is 21.7 Å². The number of amides is 1.